The average Bonchev–Trinajstić information content (AvgIpc) is 3.04. The molecule has 2 aromatic carbocycles. The number of carbonyl (C=O) groups is 1. The Morgan fingerprint density at radius 1 is 1.09 bits per heavy atom. The smallest absolute Gasteiger partial charge is 0.280 e. The van der Waals surface area contributed by atoms with Gasteiger partial charge < -0.3 is 9.47 Å². The van der Waals surface area contributed by atoms with Gasteiger partial charge in [-0.25, -0.2) is 22.0 Å². The number of benzene rings is 2. The molecule has 172 valence electrons. The van der Waals surface area contributed by atoms with Gasteiger partial charge in [0.1, 0.15) is 12.3 Å². The number of nitrogens with zero attached hydrogens (tertiary/aromatic N) is 2. The SMILES string of the molecule is C#CCOc1c(Cl)cc(/C=C2/C(=O)N(c3c(F)c(F)c(F)c(F)c3F)N=C2C)cc1OCC. The van der Waals surface area contributed by atoms with Crippen LogP contribution in [0, 0.1) is 41.4 Å². The van der Waals surface area contributed by atoms with Gasteiger partial charge >= 0.3 is 0 Å². The van der Waals surface area contributed by atoms with E-state index in [1.54, 1.807) is 6.92 Å². The predicted octanol–water partition coefficient (Wildman–Crippen LogP) is 5.25. The van der Waals surface area contributed by atoms with Crippen LogP contribution in [0.4, 0.5) is 27.6 Å². The quantitative estimate of drug-likeness (QED) is 0.185. The van der Waals surface area contributed by atoms with Crippen molar-refractivity contribution >= 4 is 35.0 Å². The maximum absolute atomic E-state index is 14.2. The summed E-state index contributed by atoms with van der Waals surface area (Å²) < 4.78 is 79.8. The number of rotatable bonds is 6. The Hall–Kier alpha value is -3.58. The average molecular weight is 485 g/mol. The van der Waals surface area contributed by atoms with Crippen LogP contribution in [0.1, 0.15) is 19.4 Å². The van der Waals surface area contributed by atoms with Crippen LogP contribution in [0.3, 0.4) is 0 Å². The van der Waals surface area contributed by atoms with E-state index in [0.717, 1.165) is 0 Å². The lowest BCUT2D eigenvalue weighted by Crippen LogP contribution is -2.25. The Bertz CT molecular complexity index is 1220. The van der Waals surface area contributed by atoms with Crippen molar-refractivity contribution in [2.45, 2.75) is 13.8 Å². The number of hydrazone groups is 1. The Balaban J connectivity index is 2.06. The molecule has 0 saturated heterocycles. The third-order valence-electron chi connectivity index (χ3n) is 4.40. The first-order valence-electron chi connectivity index (χ1n) is 9.28. The van der Waals surface area contributed by atoms with Crippen molar-refractivity contribution in [1.29, 1.82) is 0 Å². The number of halogens is 6. The Labute approximate surface area is 190 Å². The maximum Gasteiger partial charge on any atom is 0.280 e. The van der Waals surface area contributed by atoms with Crippen molar-refractivity contribution in [3.05, 3.63) is 57.4 Å². The lowest BCUT2D eigenvalue weighted by molar-refractivity contribution is -0.114. The number of anilines is 1. The highest BCUT2D eigenvalue weighted by atomic mass is 35.5. The first-order valence-corrected chi connectivity index (χ1v) is 9.65. The van der Waals surface area contributed by atoms with Crippen molar-refractivity contribution in [1.82, 2.24) is 0 Å². The second-order valence-corrected chi connectivity index (χ2v) is 6.94. The van der Waals surface area contributed by atoms with Crippen LogP contribution in [0.5, 0.6) is 11.5 Å². The minimum absolute atomic E-state index is 0.0364. The zero-order valence-electron chi connectivity index (χ0n) is 17.1. The van der Waals surface area contributed by atoms with Crippen LogP contribution in [-0.4, -0.2) is 24.8 Å². The molecular weight excluding hydrogens is 471 g/mol. The molecule has 1 aliphatic heterocycles. The van der Waals surface area contributed by atoms with Gasteiger partial charge in [-0.05, 0) is 37.6 Å². The fourth-order valence-electron chi connectivity index (χ4n) is 2.97. The number of carbonyl (C=O) groups excluding carboxylic acids is 1. The van der Waals surface area contributed by atoms with E-state index < -0.39 is 40.7 Å². The monoisotopic (exact) mass is 484 g/mol. The van der Waals surface area contributed by atoms with Gasteiger partial charge in [0, 0.05) is 0 Å². The lowest BCUT2D eigenvalue weighted by atomic mass is 10.1. The number of amides is 1. The van der Waals surface area contributed by atoms with Crippen molar-refractivity contribution in [2.24, 2.45) is 5.10 Å². The van der Waals surface area contributed by atoms with Crippen LogP contribution in [-0.2, 0) is 4.79 Å². The summed E-state index contributed by atoms with van der Waals surface area (Å²) in [6.07, 6.45) is 6.45. The Morgan fingerprint density at radius 2 is 1.70 bits per heavy atom. The number of hydrogen-bond donors (Lipinski definition) is 0. The van der Waals surface area contributed by atoms with Crippen LogP contribution < -0.4 is 14.5 Å². The molecule has 0 aromatic heterocycles. The molecule has 5 nitrogen and oxygen atoms in total. The molecule has 0 fully saturated rings. The largest absolute Gasteiger partial charge is 0.490 e. The summed E-state index contributed by atoms with van der Waals surface area (Å²) in [5, 5.41) is 3.89. The van der Waals surface area contributed by atoms with Crippen molar-refractivity contribution < 1.29 is 36.2 Å². The molecule has 0 radical (unpaired) electrons. The van der Waals surface area contributed by atoms with Gasteiger partial charge in [0.2, 0.25) is 5.82 Å². The fraction of sp³-hybridized carbons (Fsp3) is 0.182. The summed E-state index contributed by atoms with van der Waals surface area (Å²) in [6.45, 7) is 3.20. The second-order valence-electron chi connectivity index (χ2n) is 6.53. The molecule has 2 aromatic rings. The van der Waals surface area contributed by atoms with Crippen molar-refractivity contribution in [3.8, 4) is 23.8 Å². The van der Waals surface area contributed by atoms with E-state index in [4.69, 9.17) is 27.5 Å². The van der Waals surface area contributed by atoms with Gasteiger partial charge in [0.15, 0.2) is 34.8 Å². The van der Waals surface area contributed by atoms with Gasteiger partial charge in [-0.3, -0.25) is 4.79 Å². The molecule has 3 rings (SSSR count). The fourth-order valence-corrected chi connectivity index (χ4v) is 3.24. The summed E-state index contributed by atoms with van der Waals surface area (Å²) in [7, 11) is 0. The van der Waals surface area contributed by atoms with Crippen LogP contribution >= 0.6 is 11.6 Å². The van der Waals surface area contributed by atoms with Crippen LogP contribution in [0.15, 0.2) is 22.8 Å². The molecular formula is C22H14ClF5N2O3. The van der Waals surface area contributed by atoms with E-state index in [-0.39, 0.29) is 46.0 Å². The maximum atomic E-state index is 14.2. The number of terminal acetylenes is 1. The zero-order chi connectivity index (χ0) is 24.4. The highest BCUT2D eigenvalue weighted by molar-refractivity contribution is 6.33. The molecule has 1 heterocycles. The van der Waals surface area contributed by atoms with Crippen LogP contribution in [0.25, 0.3) is 6.08 Å². The van der Waals surface area contributed by atoms with Gasteiger partial charge in [0.25, 0.3) is 5.91 Å². The molecule has 11 heteroatoms. The topological polar surface area (TPSA) is 51.1 Å². The van der Waals surface area contributed by atoms with Gasteiger partial charge in [0.05, 0.1) is 22.9 Å². The second kappa shape index (κ2) is 9.50. The van der Waals surface area contributed by atoms with E-state index in [9.17, 15) is 26.7 Å². The first-order chi connectivity index (χ1) is 15.6. The summed E-state index contributed by atoms with van der Waals surface area (Å²) in [6, 6.07) is 2.88. The normalized spacial score (nSPS) is 14.5. The minimum Gasteiger partial charge on any atom is -0.490 e. The summed E-state index contributed by atoms with van der Waals surface area (Å²) in [5.41, 5.74) is -1.38. The highest BCUT2D eigenvalue weighted by Gasteiger charge is 2.37. The van der Waals surface area contributed by atoms with E-state index in [2.05, 4.69) is 11.0 Å². The lowest BCUT2D eigenvalue weighted by Gasteiger charge is -2.15. The summed E-state index contributed by atoms with van der Waals surface area (Å²) in [5.74, 6) is -9.55. The van der Waals surface area contributed by atoms with Crippen molar-refractivity contribution in [3.63, 3.8) is 0 Å². The molecule has 0 saturated carbocycles. The molecule has 1 amide bonds. The van der Waals surface area contributed by atoms with E-state index >= 15 is 0 Å². The van der Waals surface area contributed by atoms with Crippen molar-refractivity contribution in [2.75, 3.05) is 18.2 Å². The third kappa shape index (κ3) is 4.36. The van der Waals surface area contributed by atoms with E-state index in [1.165, 1.54) is 25.1 Å². The van der Waals surface area contributed by atoms with E-state index in [1.807, 2.05) is 0 Å². The highest BCUT2D eigenvalue weighted by Crippen LogP contribution is 2.38. The van der Waals surface area contributed by atoms with Gasteiger partial charge in [-0.15, -0.1) is 6.42 Å². The van der Waals surface area contributed by atoms with Gasteiger partial charge in [-0.1, -0.05) is 17.5 Å². The molecule has 0 unspecified atom stereocenters. The standard InChI is InChI=1S/C22H14ClF5N2O3/c1-4-6-33-21-13(23)8-11(9-14(21)32-5-2)7-12-10(3)29-30(22(12)31)20-18(27)16(25)15(24)17(26)19(20)28/h1,7-9H,5-6H2,2-3H3/b12-7+. The third-order valence-corrected chi connectivity index (χ3v) is 4.68. The Morgan fingerprint density at radius 3 is 2.27 bits per heavy atom. The molecule has 0 N–H and O–H groups in total. The number of ether oxygens (including phenoxy) is 2. The molecule has 33 heavy (non-hydrogen) atoms. The van der Waals surface area contributed by atoms with Crippen LogP contribution in [0.2, 0.25) is 5.02 Å². The molecule has 0 aliphatic carbocycles. The Kier molecular flexibility index (Phi) is 6.93. The molecule has 0 atom stereocenters. The molecule has 1 aliphatic rings. The van der Waals surface area contributed by atoms with E-state index in [0.29, 0.717) is 5.56 Å². The minimum atomic E-state index is -2.35. The zero-order valence-corrected chi connectivity index (χ0v) is 17.9. The first kappa shape index (κ1) is 24.1. The number of hydrogen-bond acceptors (Lipinski definition) is 4. The summed E-state index contributed by atoms with van der Waals surface area (Å²) in [4.78, 5) is 12.8. The molecule has 0 bridgehead atoms. The molecule has 0 spiro atoms. The van der Waals surface area contributed by atoms with Gasteiger partial charge in [-0.2, -0.15) is 10.1 Å². The summed E-state index contributed by atoms with van der Waals surface area (Å²) >= 11 is 6.23. The predicted molar refractivity (Wildman–Crippen MR) is 112 cm³/mol.